The predicted molar refractivity (Wildman–Crippen MR) is 143 cm³/mol. The van der Waals surface area contributed by atoms with Crippen LogP contribution < -0.4 is 4.74 Å². The van der Waals surface area contributed by atoms with Crippen molar-refractivity contribution < 1.29 is 14.6 Å². The van der Waals surface area contributed by atoms with Crippen LogP contribution in [-0.4, -0.2) is 11.1 Å². The second-order valence-corrected chi connectivity index (χ2v) is 8.87. The summed E-state index contributed by atoms with van der Waals surface area (Å²) in [6.07, 6.45) is 2.66. The average Bonchev–Trinajstić information content (AvgIpc) is 2.90. The van der Waals surface area contributed by atoms with E-state index in [9.17, 15) is 9.90 Å². The molecule has 1 N–H and O–H groups in total. The van der Waals surface area contributed by atoms with E-state index >= 15 is 0 Å². The van der Waals surface area contributed by atoms with Crippen LogP contribution in [0, 0.1) is 0 Å². The van der Waals surface area contributed by atoms with Gasteiger partial charge in [-0.1, -0.05) is 111 Å². The monoisotopic (exact) mass is 460 g/mol. The number of carbonyl (C=O) groups is 1. The maximum absolute atomic E-state index is 13.6. The Bertz CT molecular complexity index is 1490. The van der Waals surface area contributed by atoms with E-state index in [4.69, 9.17) is 4.74 Å². The molecule has 35 heavy (non-hydrogen) atoms. The van der Waals surface area contributed by atoms with Gasteiger partial charge in [0.2, 0.25) is 0 Å². The Hall–Kier alpha value is -4.11. The van der Waals surface area contributed by atoms with E-state index in [1.807, 2.05) is 97.1 Å². The number of aromatic hydroxyl groups is 1. The van der Waals surface area contributed by atoms with Gasteiger partial charge < -0.3 is 9.84 Å². The van der Waals surface area contributed by atoms with Crippen LogP contribution in [-0.2, 0) is 4.79 Å². The first-order valence-corrected chi connectivity index (χ1v) is 12.2. The number of hydrogen-bond acceptors (Lipinski definition) is 3. The molecule has 0 radical (unpaired) electrons. The molecule has 0 aliphatic heterocycles. The number of carbonyl (C=O) groups excluding carboxylic acids is 1. The maximum atomic E-state index is 13.6. The van der Waals surface area contributed by atoms with E-state index in [1.165, 1.54) is 0 Å². The molecule has 0 bridgehead atoms. The molecule has 0 saturated carbocycles. The molecule has 3 nitrogen and oxygen atoms in total. The lowest BCUT2D eigenvalue weighted by Gasteiger charge is -2.20. The topological polar surface area (TPSA) is 46.5 Å². The first kappa shape index (κ1) is 22.7. The van der Waals surface area contributed by atoms with Gasteiger partial charge in [-0.05, 0) is 45.7 Å². The number of rotatable bonds is 7. The average molecular weight is 461 g/mol. The fourth-order valence-electron chi connectivity index (χ4n) is 4.81. The molecule has 0 saturated heterocycles. The minimum absolute atomic E-state index is 0.156. The van der Waals surface area contributed by atoms with Crippen molar-refractivity contribution in [3.05, 3.63) is 109 Å². The summed E-state index contributed by atoms with van der Waals surface area (Å²) in [5, 5.41) is 14.9. The molecular weight excluding hydrogens is 432 g/mol. The van der Waals surface area contributed by atoms with Crippen LogP contribution >= 0.6 is 0 Å². The molecule has 5 aromatic carbocycles. The van der Waals surface area contributed by atoms with Gasteiger partial charge in [0, 0.05) is 11.1 Å². The zero-order valence-corrected chi connectivity index (χ0v) is 19.8. The highest BCUT2D eigenvalue weighted by atomic mass is 16.5. The standard InChI is InChI=1S/C32H28O3/c1-2-3-15-27(22-11-5-4-6-12-22)32(34)35-29-21-19-24-14-8-10-17-26(24)31(29)30-25-16-9-7-13-23(25)18-20-28(30)33/h4-14,16-21,27,33H,2-3,15H2,1H3/t27-/m1/s1. The summed E-state index contributed by atoms with van der Waals surface area (Å²) in [7, 11) is 0. The summed E-state index contributed by atoms with van der Waals surface area (Å²) in [6, 6.07) is 33.2. The summed E-state index contributed by atoms with van der Waals surface area (Å²) in [6.45, 7) is 2.12. The quantitative estimate of drug-likeness (QED) is 0.196. The van der Waals surface area contributed by atoms with Crippen molar-refractivity contribution in [3.8, 4) is 22.6 Å². The zero-order chi connectivity index (χ0) is 24.2. The van der Waals surface area contributed by atoms with Gasteiger partial charge in [-0.25, -0.2) is 0 Å². The van der Waals surface area contributed by atoms with Crippen molar-refractivity contribution >= 4 is 27.5 Å². The largest absolute Gasteiger partial charge is 0.507 e. The van der Waals surface area contributed by atoms with Crippen LogP contribution in [0.3, 0.4) is 0 Å². The third kappa shape index (κ3) is 4.50. The molecular formula is C32H28O3. The Balaban J connectivity index is 1.67. The Morgan fingerprint density at radius 1 is 0.743 bits per heavy atom. The van der Waals surface area contributed by atoms with Gasteiger partial charge in [0.05, 0.1) is 5.92 Å². The van der Waals surface area contributed by atoms with Crippen LogP contribution in [0.2, 0.25) is 0 Å². The van der Waals surface area contributed by atoms with E-state index in [0.717, 1.165) is 51.9 Å². The predicted octanol–water partition coefficient (Wildman–Crippen LogP) is 8.25. The number of unbranched alkanes of at least 4 members (excludes halogenated alkanes) is 1. The SMILES string of the molecule is CCCC[C@@H](C(=O)Oc1ccc2ccccc2c1-c1c(O)ccc2ccccc12)c1ccccc1. The molecule has 0 aliphatic rings. The van der Waals surface area contributed by atoms with Crippen molar-refractivity contribution in [3.63, 3.8) is 0 Å². The van der Waals surface area contributed by atoms with Crippen LogP contribution in [0.5, 0.6) is 11.5 Å². The molecule has 0 amide bonds. The summed E-state index contributed by atoms with van der Waals surface area (Å²) in [4.78, 5) is 13.6. The lowest BCUT2D eigenvalue weighted by molar-refractivity contribution is -0.136. The van der Waals surface area contributed by atoms with Crippen molar-refractivity contribution in [2.45, 2.75) is 32.1 Å². The van der Waals surface area contributed by atoms with Crippen LogP contribution in [0.1, 0.15) is 37.7 Å². The molecule has 0 spiro atoms. The minimum Gasteiger partial charge on any atom is -0.507 e. The number of esters is 1. The normalized spacial score (nSPS) is 12.0. The van der Waals surface area contributed by atoms with Crippen LogP contribution in [0.15, 0.2) is 103 Å². The highest BCUT2D eigenvalue weighted by Gasteiger charge is 2.25. The molecule has 0 aromatic heterocycles. The Kier molecular flexibility index (Phi) is 6.49. The first-order valence-electron chi connectivity index (χ1n) is 12.2. The van der Waals surface area contributed by atoms with Gasteiger partial charge in [0.1, 0.15) is 11.5 Å². The third-order valence-corrected chi connectivity index (χ3v) is 6.59. The van der Waals surface area contributed by atoms with E-state index in [1.54, 1.807) is 6.07 Å². The first-order chi connectivity index (χ1) is 17.2. The Morgan fingerprint density at radius 2 is 1.34 bits per heavy atom. The molecule has 5 aromatic rings. The number of ether oxygens (including phenoxy) is 1. The lowest BCUT2D eigenvalue weighted by atomic mass is 9.91. The van der Waals surface area contributed by atoms with Crippen LogP contribution in [0.25, 0.3) is 32.7 Å². The number of hydrogen-bond donors (Lipinski definition) is 1. The number of phenols is 1. The molecule has 0 heterocycles. The second kappa shape index (κ2) is 10.0. The Labute approximate surface area is 205 Å². The third-order valence-electron chi connectivity index (χ3n) is 6.59. The fourth-order valence-corrected chi connectivity index (χ4v) is 4.81. The van der Waals surface area contributed by atoms with E-state index in [0.29, 0.717) is 11.3 Å². The molecule has 1 atom stereocenters. The van der Waals surface area contributed by atoms with E-state index in [2.05, 4.69) is 6.92 Å². The van der Waals surface area contributed by atoms with Crippen molar-refractivity contribution in [2.75, 3.05) is 0 Å². The van der Waals surface area contributed by atoms with Gasteiger partial charge in [0.25, 0.3) is 0 Å². The highest BCUT2D eigenvalue weighted by molar-refractivity contribution is 6.10. The van der Waals surface area contributed by atoms with Crippen molar-refractivity contribution in [2.24, 2.45) is 0 Å². The fraction of sp³-hybridized carbons (Fsp3) is 0.156. The summed E-state index contributed by atoms with van der Waals surface area (Å²) < 4.78 is 6.18. The summed E-state index contributed by atoms with van der Waals surface area (Å²) in [5.41, 5.74) is 2.36. The van der Waals surface area contributed by atoms with E-state index < -0.39 is 0 Å². The van der Waals surface area contributed by atoms with Gasteiger partial charge >= 0.3 is 5.97 Å². The highest BCUT2D eigenvalue weighted by Crippen LogP contribution is 2.45. The zero-order valence-electron chi connectivity index (χ0n) is 19.8. The van der Waals surface area contributed by atoms with Gasteiger partial charge in [-0.2, -0.15) is 0 Å². The lowest BCUT2D eigenvalue weighted by Crippen LogP contribution is -2.19. The van der Waals surface area contributed by atoms with Crippen LogP contribution in [0.4, 0.5) is 0 Å². The minimum atomic E-state index is -0.350. The maximum Gasteiger partial charge on any atom is 0.318 e. The second-order valence-electron chi connectivity index (χ2n) is 8.87. The van der Waals surface area contributed by atoms with Crippen molar-refractivity contribution in [1.82, 2.24) is 0 Å². The molecule has 5 rings (SSSR count). The van der Waals surface area contributed by atoms with E-state index in [-0.39, 0.29) is 17.6 Å². The van der Waals surface area contributed by atoms with Gasteiger partial charge in [-0.3, -0.25) is 4.79 Å². The smallest absolute Gasteiger partial charge is 0.318 e. The molecule has 0 fully saturated rings. The number of benzene rings is 5. The summed E-state index contributed by atoms with van der Waals surface area (Å²) >= 11 is 0. The number of fused-ring (bicyclic) bond motifs is 2. The molecule has 3 heteroatoms. The number of phenolic OH excluding ortho intramolecular Hbond substituents is 1. The molecule has 0 aliphatic carbocycles. The van der Waals surface area contributed by atoms with Gasteiger partial charge in [0.15, 0.2) is 0 Å². The Morgan fingerprint density at radius 3 is 2.03 bits per heavy atom. The molecule has 0 unspecified atom stereocenters. The van der Waals surface area contributed by atoms with Crippen molar-refractivity contribution in [1.29, 1.82) is 0 Å². The summed E-state index contributed by atoms with van der Waals surface area (Å²) in [5.74, 6) is -0.0155. The molecule has 174 valence electrons. The van der Waals surface area contributed by atoms with Gasteiger partial charge in [-0.15, -0.1) is 0 Å².